The highest BCUT2D eigenvalue weighted by Gasteiger charge is 2.30. The van der Waals surface area contributed by atoms with Gasteiger partial charge >= 0.3 is 0 Å². The van der Waals surface area contributed by atoms with Crippen LogP contribution < -0.4 is 9.64 Å². The van der Waals surface area contributed by atoms with E-state index in [1.165, 1.54) is 0 Å². The Morgan fingerprint density at radius 2 is 1.56 bits per heavy atom. The molecule has 1 amide bonds. The van der Waals surface area contributed by atoms with Gasteiger partial charge in [0.05, 0.1) is 7.11 Å². The van der Waals surface area contributed by atoms with E-state index in [1.54, 1.807) is 12.0 Å². The Labute approximate surface area is 199 Å². The molecule has 1 aliphatic rings. The third-order valence-corrected chi connectivity index (χ3v) is 6.46. The summed E-state index contributed by atoms with van der Waals surface area (Å²) in [7, 11) is 1.65. The topological polar surface area (TPSA) is 54.3 Å². The number of amides is 1. The molecular formula is C28H27N3O3. The quantitative estimate of drug-likeness (QED) is 0.331. The number of nitrogens with zero attached hydrogens (tertiary/aromatic N) is 3. The van der Waals surface area contributed by atoms with Crippen molar-refractivity contribution in [3.05, 3.63) is 90.3 Å². The Hall–Kier alpha value is -4.06. The lowest BCUT2D eigenvalue weighted by Crippen LogP contribution is -2.50. The van der Waals surface area contributed by atoms with E-state index < -0.39 is 11.7 Å². The maximum absolute atomic E-state index is 13.6. The van der Waals surface area contributed by atoms with Crippen molar-refractivity contribution in [2.45, 2.75) is 6.92 Å². The van der Waals surface area contributed by atoms with Gasteiger partial charge in [-0.05, 0) is 55.0 Å². The first-order chi connectivity index (χ1) is 16.5. The van der Waals surface area contributed by atoms with Gasteiger partial charge in [0.1, 0.15) is 11.4 Å². The van der Waals surface area contributed by atoms with Gasteiger partial charge in [-0.2, -0.15) is 0 Å². The van der Waals surface area contributed by atoms with Crippen molar-refractivity contribution in [1.29, 1.82) is 0 Å². The number of Topliss-reactive ketones (excluding diaryl/α,β-unsaturated/α-hetero) is 1. The number of hydrogen-bond donors (Lipinski definition) is 0. The number of fused-ring (bicyclic) bond motifs is 1. The minimum Gasteiger partial charge on any atom is -0.497 e. The van der Waals surface area contributed by atoms with Gasteiger partial charge in [-0.1, -0.05) is 35.9 Å². The minimum atomic E-state index is -0.473. The number of rotatable bonds is 5. The Bertz CT molecular complexity index is 1330. The number of pyridine rings is 1. The molecule has 0 atom stereocenters. The van der Waals surface area contributed by atoms with Crippen LogP contribution in [0, 0.1) is 6.92 Å². The summed E-state index contributed by atoms with van der Waals surface area (Å²) in [4.78, 5) is 30.8. The van der Waals surface area contributed by atoms with Crippen LogP contribution in [0.1, 0.15) is 16.1 Å². The number of aryl methyl sites for hydroxylation is 1. The molecular weight excluding hydrogens is 426 g/mol. The third-order valence-electron chi connectivity index (χ3n) is 6.46. The summed E-state index contributed by atoms with van der Waals surface area (Å²) in [6.07, 6.45) is 1.84. The monoisotopic (exact) mass is 453 g/mol. The molecule has 5 rings (SSSR count). The lowest BCUT2D eigenvalue weighted by atomic mass is 10.0. The van der Waals surface area contributed by atoms with Gasteiger partial charge in [0, 0.05) is 49.1 Å². The van der Waals surface area contributed by atoms with E-state index in [0.717, 1.165) is 33.6 Å². The molecule has 2 aromatic heterocycles. The number of carbonyl (C=O) groups excluding carboxylic acids is 2. The molecule has 6 nitrogen and oxygen atoms in total. The maximum Gasteiger partial charge on any atom is 0.296 e. The molecule has 4 aromatic rings. The molecule has 1 aliphatic heterocycles. The van der Waals surface area contributed by atoms with Crippen LogP contribution in [0.25, 0.3) is 16.6 Å². The zero-order valence-corrected chi connectivity index (χ0v) is 19.4. The molecule has 3 heterocycles. The average molecular weight is 454 g/mol. The van der Waals surface area contributed by atoms with E-state index in [2.05, 4.69) is 4.90 Å². The number of ketones is 1. The molecule has 0 radical (unpaired) electrons. The first kappa shape index (κ1) is 21.8. The Morgan fingerprint density at radius 1 is 0.853 bits per heavy atom. The minimum absolute atomic E-state index is 0.419. The van der Waals surface area contributed by atoms with Crippen LogP contribution in [0.5, 0.6) is 5.75 Å². The Morgan fingerprint density at radius 3 is 2.24 bits per heavy atom. The summed E-state index contributed by atoms with van der Waals surface area (Å²) in [6, 6.07) is 23.7. The predicted molar refractivity (Wildman–Crippen MR) is 134 cm³/mol. The fourth-order valence-corrected chi connectivity index (χ4v) is 4.51. The summed E-state index contributed by atoms with van der Waals surface area (Å²) in [6.45, 7) is 4.37. The second-order valence-corrected chi connectivity index (χ2v) is 8.57. The second kappa shape index (κ2) is 9.06. The lowest BCUT2D eigenvalue weighted by molar-refractivity contribution is -0.126. The maximum atomic E-state index is 13.6. The smallest absolute Gasteiger partial charge is 0.296 e. The average Bonchev–Trinajstić information content (AvgIpc) is 3.28. The number of piperazine rings is 1. The SMILES string of the molecule is COc1ccc(N2CCN(C(=O)C(=O)c3c(-c4ccc(C)cc4)cc4ccccn34)CC2)cc1. The summed E-state index contributed by atoms with van der Waals surface area (Å²) < 4.78 is 7.06. The molecule has 0 spiro atoms. The molecule has 0 bridgehead atoms. The van der Waals surface area contributed by atoms with Crippen molar-refractivity contribution in [1.82, 2.24) is 9.30 Å². The van der Waals surface area contributed by atoms with E-state index in [9.17, 15) is 9.59 Å². The zero-order chi connectivity index (χ0) is 23.7. The fourth-order valence-electron chi connectivity index (χ4n) is 4.51. The molecule has 1 fully saturated rings. The van der Waals surface area contributed by atoms with Gasteiger partial charge in [0.2, 0.25) is 0 Å². The fraction of sp³-hybridized carbons (Fsp3) is 0.214. The first-order valence-electron chi connectivity index (χ1n) is 11.4. The Kier molecular flexibility index (Phi) is 5.80. The van der Waals surface area contributed by atoms with Crippen molar-refractivity contribution in [2.75, 3.05) is 38.2 Å². The lowest BCUT2D eigenvalue weighted by Gasteiger charge is -2.35. The number of carbonyl (C=O) groups is 2. The second-order valence-electron chi connectivity index (χ2n) is 8.57. The van der Waals surface area contributed by atoms with Crippen LogP contribution in [-0.4, -0.2) is 54.3 Å². The molecule has 2 aromatic carbocycles. The zero-order valence-electron chi connectivity index (χ0n) is 19.4. The molecule has 0 aliphatic carbocycles. The van der Waals surface area contributed by atoms with Gasteiger partial charge in [0.15, 0.2) is 0 Å². The highest BCUT2D eigenvalue weighted by molar-refractivity contribution is 6.43. The molecule has 0 saturated carbocycles. The summed E-state index contributed by atoms with van der Waals surface area (Å²) in [5, 5.41) is 0. The van der Waals surface area contributed by atoms with Crippen molar-refractivity contribution in [3.63, 3.8) is 0 Å². The van der Waals surface area contributed by atoms with Crippen molar-refractivity contribution in [3.8, 4) is 16.9 Å². The van der Waals surface area contributed by atoms with E-state index in [0.29, 0.717) is 31.9 Å². The predicted octanol–water partition coefficient (Wildman–Crippen LogP) is 4.45. The molecule has 6 heteroatoms. The highest BCUT2D eigenvalue weighted by atomic mass is 16.5. The van der Waals surface area contributed by atoms with Crippen LogP contribution in [0.2, 0.25) is 0 Å². The number of hydrogen-bond acceptors (Lipinski definition) is 4. The molecule has 0 N–H and O–H groups in total. The van der Waals surface area contributed by atoms with Crippen molar-refractivity contribution < 1.29 is 14.3 Å². The molecule has 0 unspecified atom stereocenters. The van der Waals surface area contributed by atoms with Gasteiger partial charge in [0.25, 0.3) is 11.7 Å². The normalized spacial score (nSPS) is 13.8. The van der Waals surface area contributed by atoms with Crippen LogP contribution in [0.3, 0.4) is 0 Å². The largest absolute Gasteiger partial charge is 0.497 e. The number of ether oxygens (including phenoxy) is 1. The molecule has 172 valence electrons. The van der Waals surface area contributed by atoms with E-state index >= 15 is 0 Å². The van der Waals surface area contributed by atoms with E-state index in [1.807, 2.05) is 90.3 Å². The van der Waals surface area contributed by atoms with E-state index in [4.69, 9.17) is 4.74 Å². The van der Waals surface area contributed by atoms with Gasteiger partial charge in [-0.3, -0.25) is 9.59 Å². The molecule has 1 saturated heterocycles. The summed E-state index contributed by atoms with van der Waals surface area (Å²) >= 11 is 0. The standard InChI is InChI=1S/C28H27N3O3/c1-20-6-8-21(9-7-20)25-19-23-5-3-4-14-31(23)26(25)27(32)28(33)30-17-15-29(16-18-30)22-10-12-24(34-2)13-11-22/h3-14,19H,15-18H2,1-2H3. The van der Waals surface area contributed by atoms with Gasteiger partial charge < -0.3 is 18.9 Å². The first-order valence-corrected chi connectivity index (χ1v) is 11.4. The van der Waals surface area contributed by atoms with Crippen LogP contribution in [-0.2, 0) is 4.79 Å². The third kappa shape index (κ3) is 4.03. The van der Waals surface area contributed by atoms with Gasteiger partial charge in [-0.15, -0.1) is 0 Å². The summed E-state index contributed by atoms with van der Waals surface area (Å²) in [5.41, 5.74) is 5.24. The van der Waals surface area contributed by atoms with Crippen LogP contribution in [0.4, 0.5) is 5.69 Å². The number of benzene rings is 2. The number of aromatic nitrogens is 1. The highest BCUT2D eigenvalue weighted by Crippen LogP contribution is 2.29. The van der Waals surface area contributed by atoms with Crippen molar-refractivity contribution in [2.24, 2.45) is 0 Å². The summed E-state index contributed by atoms with van der Waals surface area (Å²) in [5.74, 6) is -0.113. The van der Waals surface area contributed by atoms with E-state index in [-0.39, 0.29) is 0 Å². The molecule has 34 heavy (non-hydrogen) atoms. The Balaban J connectivity index is 1.38. The number of methoxy groups -OCH3 is 1. The van der Waals surface area contributed by atoms with Gasteiger partial charge in [-0.25, -0.2) is 0 Å². The van der Waals surface area contributed by atoms with Crippen LogP contribution in [0.15, 0.2) is 79.0 Å². The van der Waals surface area contributed by atoms with Crippen LogP contribution >= 0.6 is 0 Å². The number of anilines is 1. The van der Waals surface area contributed by atoms with Crippen molar-refractivity contribution >= 4 is 22.9 Å².